The van der Waals surface area contributed by atoms with E-state index in [1.165, 1.54) is 0 Å². The summed E-state index contributed by atoms with van der Waals surface area (Å²) < 4.78 is 16.0. The summed E-state index contributed by atoms with van der Waals surface area (Å²) in [6.07, 6.45) is 1.47. The number of rotatable bonds is 8. The molecule has 136 valence electrons. The Labute approximate surface area is 146 Å². The normalized spacial score (nSPS) is 19.3. The Bertz CT molecular complexity index is 657. The lowest BCUT2D eigenvalue weighted by Gasteiger charge is -2.16. The molecule has 1 fully saturated rings. The number of methoxy groups -OCH3 is 2. The van der Waals surface area contributed by atoms with Gasteiger partial charge < -0.3 is 24.6 Å². The number of benzene rings is 1. The van der Waals surface area contributed by atoms with Crippen molar-refractivity contribution in [2.45, 2.75) is 38.0 Å². The second-order valence-corrected chi connectivity index (χ2v) is 5.73. The molecule has 2 rings (SSSR count). The van der Waals surface area contributed by atoms with Crippen molar-refractivity contribution in [2.75, 3.05) is 14.2 Å². The van der Waals surface area contributed by atoms with Crippen LogP contribution in [0.5, 0.6) is 11.5 Å². The maximum Gasteiger partial charge on any atom is 0.332 e. The summed E-state index contributed by atoms with van der Waals surface area (Å²) >= 11 is 0. The fraction of sp³-hybridized carbons (Fsp3) is 0.444. The molecule has 25 heavy (non-hydrogen) atoms. The van der Waals surface area contributed by atoms with Crippen LogP contribution in [-0.2, 0) is 27.3 Å². The average Bonchev–Trinajstić information content (AvgIpc) is 3.10. The fourth-order valence-electron chi connectivity index (χ4n) is 2.83. The van der Waals surface area contributed by atoms with Gasteiger partial charge >= 0.3 is 5.97 Å². The molecule has 0 radical (unpaired) electrons. The van der Waals surface area contributed by atoms with Crippen LogP contribution in [-0.4, -0.2) is 43.4 Å². The van der Waals surface area contributed by atoms with Gasteiger partial charge in [-0.1, -0.05) is 6.08 Å². The van der Waals surface area contributed by atoms with Gasteiger partial charge in [-0.25, -0.2) is 4.79 Å². The van der Waals surface area contributed by atoms with Crippen LogP contribution in [0.2, 0.25) is 0 Å². The van der Waals surface area contributed by atoms with Crippen LogP contribution < -0.4 is 14.8 Å². The third-order valence-electron chi connectivity index (χ3n) is 4.03. The molecular weight excluding hydrogens is 326 g/mol. The number of carbonyl (C=O) groups is 2. The average molecular weight is 349 g/mol. The molecule has 0 aliphatic carbocycles. The molecule has 0 spiro atoms. The third-order valence-corrected chi connectivity index (χ3v) is 4.03. The lowest BCUT2D eigenvalue weighted by Crippen LogP contribution is -2.35. The molecule has 1 aromatic carbocycles. The quantitative estimate of drug-likeness (QED) is 0.694. The summed E-state index contributed by atoms with van der Waals surface area (Å²) in [4.78, 5) is 23.1. The molecule has 1 saturated heterocycles. The van der Waals surface area contributed by atoms with Crippen molar-refractivity contribution in [1.82, 2.24) is 5.32 Å². The summed E-state index contributed by atoms with van der Waals surface area (Å²) in [6, 6.07) is 3.71. The molecule has 1 aromatic rings. The van der Waals surface area contributed by atoms with Gasteiger partial charge in [-0.05, 0) is 37.0 Å². The Morgan fingerprint density at radius 3 is 2.60 bits per heavy atom. The number of ether oxygens (including phenoxy) is 3. The predicted molar refractivity (Wildman–Crippen MR) is 90.8 cm³/mol. The molecule has 7 nitrogen and oxygen atoms in total. The fourth-order valence-corrected chi connectivity index (χ4v) is 2.83. The molecule has 0 bridgehead atoms. The van der Waals surface area contributed by atoms with Crippen molar-refractivity contribution in [1.29, 1.82) is 0 Å². The van der Waals surface area contributed by atoms with E-state index in [-0.39, 0.29) is 12.5 Å². The number of nitrogens with one attached hydrogen (secondary N) is 1. The van der Waals surface area contributed by atoms with Gasteiger partial charge in [-0.2, -0.15) is 0 Å². The van der Waals surface area contributed by atoms with Gasteiger partial charge in [0.15, 0.2) is 17.6 Å². The first-order chi connectivity index (χ1) is 12.0. The van der Waals surface area contributed by atoms with Gasteiger partial charge in [-0.15, -0.1) is 6.58 Å². The molecule has 0 aromatic heterocycles. The topological polar surface area (TPSA) is 94.1 Å². The van der Waals surface area contributed by atoms with Crippen LogP contribution in [0.1, 0.15) is 24.0 Å². The molecule has 7 heteroatoms. The Morgan fingerprint density at radius 1 is 1.32 bits per heavy atom. The van der Waals surface area contributed by atoms with Crippen molar-refractivity contribution < 1.29 is 28.9 Å². The number of hydrogen-bond donors (Lipinski definition) is 2. The van der Waals surface area contributed by atoms with E-state index in [0.717, 1.165) is 11.1 Å². The van der Waals surface area contributed by atoms with Gasteiger partial charge in [0.25, 0.3) is 0 Å². The van der Waals surface area contributed by atoms with E-state index < -0.39 is 18.2 Å². The number of carbonyl (C=O) groups excluding carboxylic acids is 1. The smallest absolute Gasteiger partial charge is 0.332 e. The third kappa shape index (κ3) is 4.51. The van der Waals surface area contributed by atoms with Crippen molar-refractivity contribution in [3.05, 3.63) is 35.9 Å². The van der Waals surface area contributed by atoms with E-state index in [4.69, 9.17) is 19.3 Å². The van der Waals surface area contributed by atoms with E-state index in [1.807, 2.05) is 6.07 Å². The zero-order chi connectivity index (χ0) is 18.4. The van der Waals surface area contributed by atoms with Crippen molar-refractivity contribution in [2.24, 2.45) is 0 Å². The summed E-state index contributed by atoms with van der Waals surface area (Å²) in [5, 5.41) is 11.7. The monoisotopic (exact) mass is 349 g/mol. The molecule has 0 unspecified atom stereocenters. The lowest BCUT2D eigenvalue weighted by atomic mass is 10.1. The number of allylic oxidation sites excluding steroid dienone is 1. The summed E-state index contributed by atoms with van der Waals surface area (Å²) in [6.45, 7) is 4.01. The molecule has 1 aliphatic heterocycles. The van der Waals surface area contributed by atoms with Crippen LogP contribution in [0.4, 0.5) is 0 Å². The zero-order valence-corrected chi connectivity index (χ0v) is 14.4. The lowest BCUT2D eigenvalue weighted by molar-refractivity contribution is -0.151. The second-order valence-electron chi connectivity index (χ2n) is 5.73. The molecule has 1 aliphatic rings. The molecule has 0 saturated carbocycles. The zero-order valence-electron chi connectivity index (χ0n) is 14.4. The number of amides is 1. The van der Waals surface area contributed by atoms with E-state index in [9.17, 15) is 9.59 Å². The first kappa shape index (κ1) is 18.8. The predicted octanol–water partition coefficient (Wildman–Crippen LogP) is 1.68. The minimum atomic E-state index is -1.04. The SMILES string of the molecule is C=CCc1cc(CNC(=O)[C@@H]2CC[C@H](C(=O)O)O2)cc(OC)c1OC. The maximum atomic E-state index is 12.2. The van der Waals surface area contributed by atoms with Gasteiger partial charge in [0, 0.05) is 12.1 Å². The van der Waals surface area contributed by atoms with Crippen LogP contribution in [0.15, 0.2) is 24.8 Å². The van der Waals surface area contributed by atoms with Crippen molar-refractivity contribution in [3.63, 3.8) is 0 Å². The maximum absolute atomic E-state index is 12.2. The molecule has 1 amide bonds. The first-order valence-corrected chi connectivity index (χ1v) is 8.00. The van der Waals surface area contributed by atoms with E-state index >= 15 is 0 Å². The van der Waals surface area contributed by atoms with Crippen molar-refractivity contribution in [3.8, 4) is 11.5 Å². The Hall–Kier alpha value is -2.54. The van der Waals surface area contributed by atoms with E-state index in [0.29, 0.717) is 30.8 Å². The summed E-state index contributed by atoms with van der Waals surface area (Å²) in [5.74, 6) is -0.136. The largest absolute Gasteiger partial charge is 0.493 e. The van der Waals surface area contributed by atoms with Gasteiger partial charge in [0.1, 0.15) is 6.10 Å². The van der Waals surface area contributed by atoms with Gasteiger partial charge in [0.05, 0.1) is 14.2 Å². The highest BCUT2D eigenvalue weighted by Gasteiger charge is 2.34. The molecule has 2 atom stereocenters. The number of aliphatic carboxylic acids is 1. The summed E-state index contributed by atoms with van der Waals surface area (Å²) in [7, 11) is 3.12. The molecular formula is C18H23NO6. The van der Waals surface area contributed by atoms with Crippen LogP contribution in [0, 0.1) is 0 Å². The van der Waals surface area contributed by atoms with Crippen LogP contribution in [0.25, 0.3) is 0 Å². The van der Waals surface area contributed by atoms with Crippen LogP contribution >= 0.6 is 0 Å². The summed E-state index contributed by atoms with van der Waals surface area (Å²) in [5.41, 5.74) is 1.75. The highest BCUT2D eigenvalue weighted by Crippen LogP contribution is 2.33. The molecule has 1 heterocycles. The van der Waals surface area contributed by atoms with E-state index in [1.54, 1.807) is 26.4 Å². The van der Waals surface area contributed by atoms with Crippen molar-refractivity contribution >= 4 is 11.9 Å². The Kier molecular flexibility index (Phi) is 6.41. The van der Waals surface area contributed by atoms with Gasteiger partial charge in [-0.3, -0.25) is 4.79 Å². The highest BCUT2D eigenvalue weighted by molar-refractivity contribution is 5.82. The number of carboxylic acids is 1. The Morgan fingerprint density at radius 2 is 2.04 bits per heavy atom. The number of hydrogen-bond acceptors (Lipinski definition) is 5. The minimum absolute atomic E-state index is 0.279. The van der Waals surface area contributed by atoms with Crippen LogP contribution in [0.3, 0.4) is 0 Å². The minimum Gasteiger partial charge on any atom is -0.493 e. The molecule has 2 N–H and O–H groups in total. The number of carboxylic acid groups (broad SMARTS) is 1. The Balaban J connectivity index is 2.05. The van der Waals surface area contributed by atoms with E-state index in [2.05, 4.69) is 11.9 Å². The van der Waals surface area contributed by atoms with Gasteiger partial charge in [0.2, 0.25) is 5.91 Å². The second kappa shape index (κ2) is 8.53. The standard InChI is InChI=1S/C18H23NO6/c1-4-5-12-8-11(9-15(23-2)16(12)24-3)10-19-17(20)13-6-7-14(25-13)18(21)22/h4,8-9,13-14H,1,5-7,10H2,2-3H3,(H,19,20)(H,21,22)/t13-,14+/m0/s1. The highest BCUT2D eigenvalue weighted by atomic mass is 16.5. The first-order valence-electron chi connectivity index (χ1n) is 8.00.